The van der Waals surface area contributed by atoms with E-state index in [4.69, 9.17) is 0 Å². The zero-order chi connectivity index (χ0) is 21.4. The zero-order valence-electron chi connectivity index (χ0n) is 17.7. The van der Waals surface area contributed by atoms with E-state index in [1.54, 1.807) is 12.3 Å². The van der Waals surface area contributed by atoms with Gasteiger partial charge in [-0.2, -0.15) is 4.39 Å². The standard InChI is InChI=1S/C24H29FN4O2/c25-21-8-2-17(14-26-21)18-3-9-22(27-15-18)28-12-1-10-24(16-28)11-13-29(23(24)31)19-4-6-20(30)7-5-19/h2-3,8-9,14-15,19-20,30H,1,4-7,10-13,16H2/t19?,20?,24-/m0/s1. The molecule has 2 aromatic heterocycles. The molecule has 1 atom stereocenters. The second kappa shape index (κ2) is 8.19. The first-order valence-corrected chi connectivity index (χ1v) is 11.4. The normalized spacial score (nSPS) is 29.0. The van der Waals surface area contributed by atoms with E-state index in [1.165, 1.54) is 12.3 Å². The van der Waals surface area contributed by atoms with Crippen molar-refractivity contribution in [2.45, 2.75) is 57.1 Å². The van der Waals surface area contributed by atoms with Gasteiger partial charge >= 0.3 is 0 Å². The lowest BCUT2D eigenvalue weighted by atomic mass is 9.78. The van der Waals surface area contributed by atoms with Crippen molar-refractivity contribution in [3.05, 3.63) is 42.6 Å². The van der Waals surface area contributed by atoms with E-state index in [0.717, 1.165) is 75.0 Å². The number of aliphatic hydroxyl groups excluding tert-OH is 1. The fourth-order valence-electron chi connectivity index (χ4n) is 5.56. The summed E-state index contributed by atoms with van der Waals surface area (Å²) in [6, 6.07) is 7.30. The molecule has 7 heteroatoms. The second-order valence-electron chi connectivity index (χ2n) is 9.29. The summed E-state index contributed by atoms with van der Waals surface area (Å²) in [7, 11) is 0. The van der Waals surface area contributed by atoms with Crippen LogP contribution in [0, 0.1) is 11.4 Å². The van der Waals surface area contributed by atoms with Crippen LogP contribution in [-0.2, 0) is 4.79 Å². The van der Waals surface area contributed by atoms with Gasteiger partial charge in [-0.1, -0.05) is 0 Å². The van der Waals surface area contributed by atoms with Crippen LogP contribution in [0.1, 0.15) is 44.9 Å². The summed E-state index contributed by atoms with van der Waals surface area (Å²) in [6.07, 6.45) is 9.35. The molecule has 2 aromatic rings. The molecular formula is C24H29FN4O2. The highest BCUT2D eigenvalue weighted by Gasteiger charge is 2.50. The van der Waals surface area contributed by atoms with Gasteiger partial charge in [0.15, 0.2) is 0 Å². The third-order valence-corrected chi connectivity index (χ3v) is 7.36. The van der Waals surface area contributed by atoms with Gasteiger partial charge in [0.25, 0.3) is 0 Å². The van der Waals surface area contributed by atoms with Crippen molar-refractivity contribution in [2.75, 3.05) is 24.5 Å². The van der Waals surface area contributed by atoms with Crippen molar-refractivity contribution in [1.29, 1.82) is 0 Å². The molecule has 3 fully saturated rings. The molecule has 1 amide bonds. The van der Waals surface area contributed by atoms with E-state index in [2.05, 4.69) is 19.8 Å². The van der Waals surface area contributed by atoms with Gasteiger partial charge in [0.05, 0.1) is 11.5 Å². The van der Waals surface area contributed by atoms with Crippen LogP contribution in [0.3, 0.4) is 0 Å². The number of halogens is 1. The Bertz CT molecular complexity index is 928. The number of anilines is 1. The maximum absolute atomic E-state index is 13.5. The molecule has 1 spiro atoms. The summed E-state index contributed by atoms with van der Waals surface area (Å²) >= 11 is 0. The van der Waals surface area contributed by atoms with Crippen molar-refractivity contribution < 1.29 is 14.3 Å². The maximum Gasteiger partial charge on any atom is 0.230 e. The first kappa shape index (κ1) is 20.4. The van der Waals surface area contributed by atoms with Crippen LogP contribution in [0.4, 0.5) is 10.2 Å². The van der Waals surface area contributed by atoms with Crippen molar-refractivity contribution in [2.24, 2.45) is 5.41 Å². The highest BCUT2D eigenvalue weighted by Crippen LogP contribution is 2.43. The SMILES string of the molecule is O=C1N(C2CCC(O)CC2)CC[C@]12CCCN(c1ccc(-c3ccc(F)nc3)cn1)C2. The number of carbonyl (C=O) groups excluding carboxylic acids is 1. The van der Waals surface area contributed by atoms with Gasteiger partial charge in [0.2, 0.25) is 11.9 Å². The van der Waals surface area contributed by atoms with E-state index < -0.39 is 5.95 Å². The fourth-order valence-corrected chi connectivity index (χ4v) is 5.56. The van der Waals surface area contributed by atoms with E-state index in [1.807, 2.05) is 12.1 Å². The molecule has 31 heavy (non-hydrogen) atoms. The molecule has 0 radical (unpaired) electrons. The topological polar surface area (TPSA) is 69.6 Å². The summed E-state index contributed by atoms with van der Waals surface area (Å²) in [5.74, 6) is 0.684. The first-order chi connectivity index (χ1) is 15.0. The highest BCUT2D eigenvalue weighted by atomic mass is 19.1. The number of hydrogen-bond acceptors (Lipinski definition) is 5. The Hall–Kier alpha value is -2.54. The lowest BCUT2D eigenvalue weighted by Gasteiger charge is -2.41. The van der Waals surface area contributed by atoms with E-state index in [-0.39, 0.29) is 17.6 Å². The Morgan fingerprint density at radius 1 is 0.968 bits per heavy atom. The molecule has 164 valence electrons. The summed E-state index contributed by atoms with van der Waals surface area (Å²) in [4.78, 5) is 26.2. The highest BCUT2D eigenvalue weighted by molar-refractivity contribution is 5.86. The average molecular weight is 425 g/mol. The van der Waals surface area contributed by atoms with Crippen molar-refractivity contribution in [3.63, 3.8) is 0 Å². The number of likely N-dealkylation sites (tertiary alicyclic amines) is 1. The predicted octanol–water partition coefficient (Wildman–Crippen LogP) is 3.41. The zero-order valence-corrected chi connectivity index (χ0v) is 17.7. The van der Waals surface area contributed by atoms with Gasteiger partial charge < -0.3 is 14.9 Å². The van der Waals surface area contributed by atoms with Crippen LogP contribution in [0.5, 0.6) is 0 Å². The lowest BCUT2D eigenvalue weighted by molar-refractivity contribution is -0.139. The van der Waals surface area contributed by atoms with Gasteiger partial charge in [0, 0.05) is 49.2 Å². The minimum absolute atomic E-state index is 0.201. The minimum atomic E-state index is -0.494. The van der Waals surface area contributed by atoms with Crippen molar-refractivity contribution >= 4 is 11.7 Å². The largest absolute Gasteiger partial charge is 0.393 e. The fraction of sp³-hybridized carbons (Fsp3) is 0.542. The van der Waals surface area contributed by atoms with Gasteiger partial charge in [0.1, 0.15) is 5.82 Å². The number of hydrogen-bond donors (Lipinski definition) is 1. The van der Waals surface area contributed by atoms with Crippen LogP contribution in [0.25, 0.3) is 11.1 Å². The maximum atomic E-state index is 13.5. The van der Waals surface area contributed by atoms with Gasteiger partial charge in [-0.3, -0.25) is 4.79 Å². The summed E-state index contributed by atoms with van der Waals surface area (Å²) in [6.45, 7) is 2.44. The number of amides is 1. The number of nitrogens with zero attached hydrogens (tertiary/aromatic N) is 4. The van der Waals surface area contributed by atoms with Crippen molar-refractivity contribution in [3.8, 4) is 11.1 Å². The number of rotatable bonds is 3. The minimum Gasteiger partial charge on any atom is -0.393 e. The smallest absolute Gasteiger partial charge is 0.230 e. The van der Waals surface area contributed by atoms with Crippen LogP contribution < -0.4 is 4.90 Å². The van der Waals surface area contributed by atoms with Crippen LogP contribution >= 0.6 is 0 Å². The summed E-state index contributed by atoms with van der Waals surface area (Å²) in [5, 5.41) is 9.81. The molecule has 5 rings (SSSR count). The molecule has 2 aliphatic heterocycles. The molecule has 0 bridgehead atoms. The number of piperidine rings is 1. The van der Waals surface area contributed by atoms with Gasteiger partial charge in [-0.05, 0) is 69.2 Å². The molecule has 1 saturated carbocycles. The molecule has 0 aromatic carbocycles. The van der Waals surface area contributed by atoms with Gasteiger partial charge in [-0.25, -0.2) is 9.97 Å². The third kappa shape index (κ3) is 3.91. The Morgan fingerprint density at radius 2 is 1.71 bits per heavy atom. The molecule has 1 aliphatic carbocycles. The third-order valence-electron chi connectivity index (χ3n) is 7.36. The quantitative estimate of drug-likeness (QED) is 0.765. The second-order valence-corrected chi connectivity index (χ2v) is 9.29. The average Bonchev–Trinajstić information content (AvgIpc) is 3.10. The van der Waals surface area contributed by atoms with Crippen molar-refractivity contribution in [1.82, 2.24) is 14.9 Å². The predicted molar refractivity (Wildman–Crippen MR) is 116 cm³/mol. The number of aliphatic hydroxyl groups is 1. The van der Waals surface area contributed by atoms with Crippen LogP contribution in [-0.4, -0.2) is 57.7 Å². The number of pyridine rings is 2. The Kier molecular flexibility index (Phi) is 5.38. The molecule has 4 heterocycles. The van der Waals surface area contributed by atoms with E-state index >= 15 is 0 Å². The molecular weight excluding hydrogens is 395 g/mol. The molecule has 2 saturated heterocycles. The van der Waals surface area contributed by atoms with Crippen LogP contribution in [0.2, 0.25) is 0 Å². The Balaban J connectivity index is 1.29. The Morgan fingerprint density at radius 3 is 2.39 bits per heavy atom. The first-order valence-electron chi connectivity index (χ1n) is 11.4. The number of carbonyl (C=O) groups is 1. The lowest BCUT2D eigenvalue weighted by Crippen LogP contribution is -2.50. The summed E-state index contributed by atoms with van der Waals surface area (Å²) in [5.41, 5.74) is 1.41. The van der Waals surface area contributed by atoms with E-state index in [9.17, 15) is 14.3 Å². The summed E-state index contributed by atoms with van der Waals surface area (Å²) < 4.78 is 13.1. The van der Waals surface area contributed by atoms with E-state index in [0.29, 0.717) is 12.5 Å². The molecule has 3 aliphatic rings. The molecule has 0 unspecified atom stereocenters. The number of aromatic nitrogens is 2. The molecule has 6 nitrogen and oxygen atoms in total. The Labute approximate surface area is 182 Å². The monoisotopic (exact) mass is 424 g/mol. The van der Waals surface area contributed by atoms with Crippen LogP contribution in [0.15, 0.2) is 36.7 Å². The van der Waals surface area contributed by atoms with Gasteiger partial charge in [-0.15, -0.1) is 0 Å². The molecule has 1 N–H and O–H groups in total.